The smallest absolute Gasteiger partial charge is 0.266 e. The highest BCUT2D eigenvalue weighted by Gasteiger charge is 2.46. The number of benzene rings is 1. The zero-order valence-electron chi connectivity index (χ0n) is 20.0. The monoisotopic (exact) mass is 505 g/mol. The van der Waals surface area contributed by atoms with Crippen LogP contribution in [-0.2, 0) is 28.6 Å². The number of nitrogens with zero attached hydrogens (tertiary/aromatic N) is 1. The molecule has 12 heteroatoms. The standard InChI is InChI=1S/C24H31N3O9/c25-8-2-9-33-11-13-35-14-12-34-10-7-16(28)15-36-19-4-1-3-17-21(19)24(32)27(23(17)31)18-5-6-20(29)26-22(18)30/h1,3-4,18H,2,5-15,25H2,(H,26,29,30). The summed E-state index contributed by atoms with van der Waals surface area (Å²) in [5.41, 5.74) is 5.46. The Morgan fingerprint density at radius 1 is 0.972 bits per heavy atom. The lowest BCUT2D eigenvalue weighted by Crippen LogP contribution is -2.54. The maximum absolute atomic E-state index is 13.0. The van der Waals surface area contributed by atoms with Crippen LogP contribution in [-0.4, -0.2) is 93.1 Å². The van der Waals surface area contributed by atoms with E-state index in [-0.39, 0.29) is 55.1 Å². The lowest BCUT2D eigenvalue weighted by molar-refractivity contribution is -0.136. The number of fused-ring (bicyclic) bond motifs is 1. The topological polar surface area (TPSA) is 164 Å². The van der Waals surface area contributed by atoms with Crippen molar-refractivity contribution < 1.29 is 42.9 Å². The van der Waals surface area contributed by atoms with Crippen LogP contribution in [0.5, 0.6) is 5.75 Å². The molecular formula is C24H31N3O9. The molecule has 1 atom stereocenters. The number of nitrogens with two attached hydrogens (primary N) is 1. The van der Waals surface area contributed by atoms with Gasteiger partial charge in [0.2, 0.25) is 11.8 Å². The van der Waals surface area contributed by atoms with Crippen molar-refractivity contribution in [2.24, 2.45) is 5.73 Å². The van der Waals surface area contributed by atoms with Crippen LogP contribution in [0.25, 0.3) is 0 Å². The van der Waals surface area contributed by atoms with Crippen molar-refractivity contribution in [3.8, 4) is 5.75 Å². The molecule has 0 radical (unpaired) electrons. The van der Waals surface area contributed by atoms with E-state index in [1.807, 2.05) is 0 Å². The van der Waals surface area contributed by atoms with Crippen molar-refractivity contribution in [1.29, 1.82) is 0 Å². The fraction of sp³-hybridized carbons (Fsp3) is 0.542. The lowest BCUT2D eigenvalue weighted by atomic mass is 10.0. The maximum Gasteiger partial charge on any atom is 0.266 e. The van der Waals surface area contributed by atoms with Gasteiger partial charge in [0.05, 0.1) is 44.2 Å². The number of ether oxygens (including phenoxy) is 4. The molecular weight excluding hydrogens is 474 g/mol. The van der Waals surface area contributed by atoms with Crippen molar-refractivity contribution in [3.63, 3.8) is 0 Å². The van der Waals surface area contributed by atoms with Gasteiger partial charge in [-0.25, -0.2) is 0 Å². The summed E-state index contributed by atoms with van der Waals surface area (Å²) in [5.74, 6) is -2.65. The predicted molar refractivity (Wildman–Crippen MR) is 124 cm³/mol. The summed E-state index contributed by atoms with van der Waals surface area (Å²) in [6.45, 7) is 2.71. The minimum atomic E-state index is -1.07. The molecule has 2 heterocycles. The maximum atomic E-state index is 13.0. The van der Waals surface area contributed by atoms with Gasteiger partial charge in [0.15, 0.2) is 5.78 Å². The first-order chi connectivity index (χ1) is 17.4. The highest BCUT2D eigenvalue weighted by atomic mass is 16.5. The first-order valence-corrected chi connectivity index (χ1v) is 11.9. The van der Waals surface area contributed by atoms with E-state index in [0.717, 1.165) is 11.3 Å². The van der Waals surface area contributed by atoms with Gasteiger partial charge >= 0.3 is 0 Å². The third kappa shape index (κ3) is 7.17. The molecule has 196 valence electrons. The van der Waals surface area contributed by atoms with E-state index in [1.54, 1.807) is 0 Å². The van der Waals surface area contributed by atoms with Gasteiger partial charge in [-0.05, 0) is 31.5 Å². The van der Waals surface area contributed by atoms with Gasteiger partial charge in [0, 0.05) is 19.4 Å². The van der Waals surface area contributed by atoms with Gasteiger partial charge in [-0.3, -0.25) is 34.2 Å². The van der Waals surface area contributed by atoms with Crippen LogP contribution >= 0.6 is 0 Å². The molecule has 1 aromatic rings. The Morgan fingerprint density at radius 3 is 2.36 bits per heavy atom. The number of amides is 4. The van der Waals surface area contributed by atoms with Gasteiger partial charge in [-0.1, -0.05) is 6.07 Å². The predicted octanol–water partition coefficient (Wildman–Crippen LogP) is -0.176. The Kier molecular flexibility index (Phi) is 10.5. The fourth-order valence-corrected chi connectivity index (χ4v) is 3.75. The Balaban J connectivity index is 1.40. The second kappa shape index (κ2) is 13.8. The first kappa shape index (κ1) is 27.4. The molecule has 3 rings (SSSR count). The zero-order valence-corrected chi connectivity index (χ0v) is 20.0. The third-order valence-corrected chi connectivity index (χ3v) is 5.58. The summed E-state index contributed by atoms with van der Waals surface area (Å²) in [6, 6.07) is 3.40. The van der Waals surface area contributed by atoms with E-state index in [4.69, 9.17) is 24.7 Å². The second-order valence-corrected chi connectivity index (χ2v) is 8.18. The number of carbonyl (C=O) groups excluding carboxylic acids is 5. The molecule has 0 saturated carbocycles. The van der Waals surface area contributed by atoms with Crippen molar-refractivity contribution >= 4 is 29.4 Å². The summed E-state index contributed by atoms with van der Waals surface area (Å²) < 4.78 is 21.6. The number of hydrogen-bond donors (Lipinski definition) is 2. The van der Waals surface area contributed by atoms with Crippen molar-refractivity contribution in [2.75, 3.05) is 52.8 Å². The minimum Gasteiger partial charge on any atom is -0.485 e. The van der Waals surface area contributed by atoms with Gasteiger partial charge in [0.25, 0.3) is 11.8 Å². The van der Waals surface area contributed by atoms with E-state index < -0.39 is 29.7 Å². The molecule has 1 fully saturated rings. The number of imide groups is 2. The number of hydrogen-bond acceptors (Lipinski definition) is 10. The van der Waals surface area contributed by atoms with Gasteiger partial charge in [-0.2, -0.15) is 0 Å². The normalized spacial score (nSPS) is 17.4. The van der Waals surface area contributed by atoms with Gasteiger partial charge in [-0.15, -0.1) is 0 Å². The van der Waals surface area contributed by atoms with Crippen LogP contribution in [0.15, 0.2) is 18.2 Å². The van der Waals surface area contributed by atoms with Crippen LogP contribution in [0.4, 0.5) is 0 Å². The molecule has 1 aromatic carbocycles. The number of piperidine rings is 1. The summed E-state index contributed by atoms with van der Waals surface area (Å²) >= 11 is 0. The number of Topliss-reactive ketones (excluding diaryl/α,β-unsaturated/α-hetero) is 1. The molecule has 0 aliphatic carbocycles. The van der Waals surface area contributed by atoms with E-state index in [2.05, 4.69) is 5.32 Å². The summed E-state index contributed by atoms with van der Waals surface area (Å²) in [6.07, 6.45) is 0.993. The second-order valence-electron chi connectivity index (χ2n) is 8.18. The third-order valence-electron chi connectivity index (χ3n) is 5.58. The molecule has 3 N–H and O–H groups in total. The molecule has 2 aliphatic heterocycles. The quantitative estimate of drug-likeness (QED) is 0.228. The average Bonchev–Trinajstić information content (AvgIpc) is 3.11. The Bertz CT molecular complexity index is 982. The van der Waals surface area contributed by atoms with Crippen LogP contribution in [0.2, 0.25) is 0 Å². The summed E-state index contributed by atoms with van der Waals surface area (Å²) in [7, 11) is 0. The van der Waals surface area contributed by atoms with Crippen LogP contribution in [0, 0.1) is 0 Å². The van der Waals surface area contributed by atoms with Crippen LogP contribution in [0.1, 0.15) is 46.4 Å². The molecule has 1 unspecified atom stereocenters. The molecule has 0 aromatic heterocycles. The van der Waals surface area contributed by atoms with Crippen molar-refractivity contribution in [3.05, 3.63) is 29.3 Å². The first-order valence-electron chi connectivity index (χ1n) is 11.9. The van der Waals surface area contributed by atoms with Crippen LogP contribution < -0.4 is 15.8 Å². The van der Waals surface area contributed by atoms with Gasteiger partial charge in [0.1, 0.15) is 18.4 Å². The minimum absolute atomic E-state index is 0.000376. The fourth-order valence-electron chi connectivity index (χ4n) is 3.75. The lowest BCUT2D eigenvalue weighted by Gasteiger charge is -2.27. The molecule has 36 heavy (non-hydrogen) atoms. The highest BCUT2D eigenvalue weighted by Crippen LogP contribution is 2.33. The number of rotatable bonds is 16. The van der Waals surface area contributed by atoms with E-state index in [9.17, 15) is 24.0 Å². The molecule has 4 amide bonds. The Morgan fingerprint density at radius 2 is 1.67 bits per heavy atom. The highest BCUT2D eigenvalue weighted by molar-refractivity contribution is 6.24. The van der Waals surface area contributed by atoms with Gasteiger partial charge < -0.3 is 24.7 Å². The summed E-state index contributed by atoms with van der Waals surface area (Å²) in [4.78, 5) is 62.5. The molecule has 0 spiro atoms. The number of ketones is 1. The van der Waals surface area contributed by atoms with Crippen molar-refractivity contribution in [2.45, 2.75) is 31.7 Å². The molecule has 2 aliphatic rings. The van der Waals surface area contributed by atoms with Crippen molar-refractivity contribution in [1.82, 2.24) is 10.2 Å². The molecule has 1 saturated heterocycles. The zero-order chi connectivity index (χ0) is 25.9. The largest absolute Gasteiger partial charge is 0.485 e. The number of carbonyl (C=O) groups is 5. The Hall–Kier alpha value is -3.19. The molecule has 0 bridgehead atoms. The summed E-state index contributed by atoms with van der Waals surface area (Å²) in [5, 5.41) is 2.15. The van der Waals surface area contributed by atoms with E-state index in [1.165, 1.54) is 18.2 Å². The molecule has 12 nitrogen and oxygen atoms in total. The SMILES string of the molecule is NCCCOCCOCCOCCC(=O)COc1cccc2c1C(=O)N(C1CCC(=O)NC1=O)C2=O. The number of nitrogens with one attached hydrogen (secondary N) is 1. The van der Waals surface area contributed by atoms with Crippen LogP contribution in [0.3, 0.4) is 0 Å². The Labute approximate surface area is 208 Å². The van der Waals surface area contributed by atoms with E-state index >= 15 is 0 Å². The van der Waals surface area contributed by atoms with E-state index in [0.29, 0.717) is 39.6 Å². The average molecular weight is 506 g/mol.